The van der Waals surface area contributed by atoms with Crippen molar-refractivity contribution in [2.75, 3.05) is 0 Å². The Kier molecular flexibility index (Phi) is 5.76. The Bertz CT molecular complexity index is 500. The fourth-order valence-corrected chi connectivity index (χ4v) is 2.34. The maximum Gasteiger partial charge on any atom is 0.221 e. The van der Waals surface area contributed by atoms with Crippen molar-refractivity contribution in [3.8, 4) is 6.07 Å². The van der Waals surface area contributed by atoms with Crippen LogP contribution in [0.4, 0.5) is 0 Å². The molecule has 20 heavy (non-hydrogen) atoms. The van der Waals surface area contributed by atoms with Gasteiger partial charge in [-0.3, -0.25) is 4.79 Å². The van der Waals surface area contributed by atoms with E-state index in [-0.39, 0.29) is 11.8 Å². The van der Waals surface area contributed by atoms with Gasteiger partial charge in [-0.1, -0.05) is 41.9 Å². The predicted octanol–water partition coefficient (Wildman–Crippen LogP) is 4.00. The van der Waals surface area contributed by atoms with Crippen LogP contribution >= 0.6 is 15.9 Å². The summed E-state index contributed by atoms with van der Waals surface area (Å²) in [6.45, 7) is 7.62. The molecule has 1 rings (SSSR count). The highest BCUT2D eigenvalue weighted by Crippen LogP contribution is 2.29. The Morgan fingerprint density at radius 1 is 1.35 bits per heavy atom. The summed E-state index contributed by atoms with van der Waals surface area (Å²) >= 11 is 3.42. The molecule has 0 aliphatic heterocycles. The summed E-state index contributed by atoms with van der Waals surface area (Å²) in [6.07, 6.45) is 0.393. The van der Waals surface area contributed by atoms with Crippen molar-refractivity contribution >= 4 is 21.8 Å². The first-order valence-corrected chi connectivity index (χ1v) is 7.52. The van der Waals surface area contributed by atoms with Gasteiger partial charge in [0.1, 0.15) is 5.54 Å². The molecule has 4 heteroatoms. The summed E-state index contributed by atoms with van der Waals surface area (Å²) in [5, 5.41) is 11.7. The number of benzene rings is 1. The van der Waals surface area contributed by atoms with Gasteiger partial charge in [0, 0.05) is 10.9 Å². The number of rotatable bonds is 5. The summed E-state index contributed by atoms with van der Waals surface area (Å²) < 4.78 is 1.03. The van der Waals surface area contributed by atoms with E-state index in [0.717, 1.165) is 10.0 Å². The van der Waals surface area contributed by atoms with Crippen LogP contribution in [0.25, 0.3) is 0 Å². The number of amides is 1. The van der Waals surface area contributed by atoms with Crippen molar-refractivity contribution in [1.82, 2.24) is 5.32 Å². The molecule has 0 radical (unpaired) electrons. The van der Waals surface area contributed by atoms with Gasteiger partial charge in [-0.2, -0.15) is 5.26 Å². The second-order valence-electron chi connectivity index (χ2n) is 5.89. The van der Waals surface area contributed by atoms with E-state index in [4.69, 9.17) is 5.26 Å². The lowest BCUT2D eigenvalue weighted by Gasteiger charge is -2.24. The zero-order chi connectivity index (χ0) is 15.3. The molecule has 1 aromatic carbocycles. The molecule has 0 saturated heterocycles. The molecule has 0 spiro atoms. The fraction of sp³-hybridized carbons (Fsp3) is 0.500. The minimum Gasteiger partial charge on any atom is -0.338 e. The van der Waals surface area contributed by atoms with Gasteiger partial charge in [0.05, 0.1) is 6.07 Å². The molecule has 0 bridgehead atoms. The number of hydrogen-bond acceptors (Lipinski definition) is 2. The van der Waals surface area contributed by atoms with Gasteiger partial charge >= 0.3 is 0 Å². The lowest BCUT2D eigenvalue weighted by Crippen LogP contribution is -2.42. The van der Waals surface area contributed by atoms with Crippen molar-refractivity contribution in [2.24, 2.45) is 5.92 Å². The van der Waals surface area contributed by atoms with Gasteiger partial charge in [0.25, 0.3) is 0 Å². The summed E-state index contributed by atoms with van der Waals surface area (Å²) in [5.74, 6) is 0.419. The van der Waals surface area contributed by atoms with E-state index >= 15 is 0 Å². The van der Waals surface area contributed by atoms with Gasteiger partial charge in [-0.15, -0.1) is 0 Å². The van der Waals surface area contributed by atoms with E-state index in [1.165, 1.54) is 0 Å². The van der Waals surface area contributed by atoms with Crippen LogP contribution in [0.2, 0.25) is 0 Å². The Hall–Kier alpha value is -1.34. The lowest BCUT2D eigenvalue weighted by molar-refractivity contribution is -0.122. The first-order valence-electron chi connectivity index (χ1n) is 6.73. The molecule has 0 saturated carbocycles. The average molecular weight is 337 g/mol. The second kappa shape index (κ2) is 6.90. The Balaban J connectivity index is 2.81. The smallest absolute Gasteiger partial charge is 0.221 e. The maximum absolute atomic E-state index is 12.1. The lowest BCUT2D eigenvalue weighted by atomic mass is 9.85. The van der Waals surface area contributed by atoms with Gasteiger partial charge in [-0.25, -0.2) is 0 Å². The maximum atomic E-state index is 12.1. The molecular formula is C16H21BrN2O. The molecule has 0 aromatic heterocycles. The van der Waals surface area contributed by atoms with Crippen molar-refractivity contribution in [3.05, 3.63) is 34.3 Å². The third kappa shape index (κ3) is 4.97. The highest BCUT2D eigenvalue weighted by atomic mass is 79.9. The zero-order valence-corrected chi connectivity index (χ0v) is 14.0. The molecule has 1 amide bonds. The first-order chi connectivity index (χ1) is 9.25. The normalized spacial score (nSPS) is 12.8. The van der Waals surface area contributed by atoms with Crippen molar-refractivity contribution in [1.29, 1.82) is 5.26 Å². The number of halogens is 1. The zero-order valence-electron chi connectivity index (χ0n) is 12.4. The van der Waals surface area contributed by atoms with Crippen LogP contribution in [0.3, 0.4) is 0 Å². The van der Waals surface area contributed by atoms with E-state index < -0.39 is 5.54 Å². The SMILES string of the molecule is CC(C)C(CC(=O)NC(C)(C)C#N)c1ccc(Br)cc1. The van der Waals surface area contributed by atoms with Crippen LogP contribution in [0, 0.1) is 17.2 Å². The highest BCUT2D eigenvalue weighted by molar-refractivity contribution is 9.10. The molecule has 0 fully saturated rings. The van der Waals surface area contributed by atoms with E-state index in [1.54, 1.807) is 13.8 Å². The largest absolute Gasteiger partial charge is 0.338 e. The van der Waals surface area contributed by atoms with Crippen LogP contribution < -0.4 is 5.32 Å². The van der Waals surface area contributed by atoms with Crippen molar-refractivity contribution < 1.29 is 4.79 Å². The topological polar surface area (TPSA) is 52.9 Å². The van der Waals surface area contributed by atoms with E-state index in [9.17, 15) is 4.79 Å². The molecule has 0 aliphatic rings. The average Bonchev–Trinajstić information content (AvgIpc) is 2.36. The van der Waals surface area contributed by atoms with Gasteiger partial charge in [0.2, 0.25) is 5.91 Å². The molecule has 1 unspecified atom stereocenters. The minimum absolute atomic E-state index is 0.0850. The molecule has 1 N–H and O–H groups in total. The molecule has 1 atom stereocenters. The second-order valence-corrected chi connectivity index (χ2v) is 6.81. The number of hydrogen-bond donors (Lipinski definition) is 1. The van der Waals surface area contributed by atoms with Gasteiger partial charge in [0.15, 0.2) is 0 Å². The highest BCUT2D eigenvalue weighted by Gasteiger charge is 2.24. The van der Waals surface area contributed by atoms with E-state index in [0.29, 0.717) is 12.3 Å². The molecule has 108 valence electrons. The van der Waals surface area contributed by atoms with Crippen LogP contribution in [-0.2, 0) is 4.79 Å². The molecule has 0 heterocycles. The number of carbonyl (C=O) groups is 1. The van der Waals surface area contributed by atoms with Crippen LogP contribution in [-0.4, -0.2) is 11.4 Å². The van der Waals surface area contributed by atoms with Crippen LogP contribution in [0.1, 0.15) is 45.6 Å². The fourth-order valence-electron chi connectivity index (χ4n) is 2.08. The summed E-state index contributed by atoms with van der Waals surface area (Å²) in [4.78, 5) is 12.1. The third-order valence-electron chi connectivity index (χ3n) is 3.24. The minimum atomic E-state index is -0.821. The molecule has 0 aliphatic carbocycles. The van der Waals surface area contributed by atoms with E-state index in [2.05, 4.69) is 41.2 Å². The molecule has 1 aromatic rings. The van der Waals surface area contributed by atoms with Gasteiger partial charge in [-0.05, 0) is 43.4 Å². The van der Waals surface area contributed by atoms with Gasteiger partial charge < -0.3 is 5.32 Å². The standard InChI is InChI=1S/C16H21BrN2O/c1-11(2)14(12-5-7-13(17)8-6-12)9-15(20)19-16(3,4)10-18/h5-8,11,14H,9H2,1-4H3,(H,19,20). The number of nitrogens with zero attached hydrogens (tertiary/aromatic N) is 1. The van der Waals surface area contributed by atoms with Crippen LogP contribution in [0.5, 0.6) is 0 Å². The number of carbonyl (C=O) groups excluding carboxylic acids is 1. The van der Waals surface area contributed by atoms with Crippen LogP contribution in [0.15, 0.2) is 28.7 Å². The monoisotopic (exact) mass is 336 g/mol. The summed E-state index contributed by atoms with van der Waals surface area (Å²) in [7, 11) is 0. The Morgan fingerprint density at radius 2 is 1.90 bits per heavy atom. The third-order valence-corrected chi connectivity index (χ3v) is 3.77. The molecular weight excluding hydrogens is 316 g/mol. The van der Waals surface area contributed by atoms with Crippen molar-refractivity contribution in [2.45, 2.75) is 45.6 Å². The molecule has 3 nitrogen and oxygen atoms in total. The number of nitriles is 1. The summed E-state index contributed by atoms with van der Waals surface area (Å²) in [6, 6.07) is 10.1. The number of nitrogens with one attached hydrogen (secondary N) is 1. The predicted molar refractivity (Wildman–Crippen MR) is 84.2 cm³/mol. The Morgan fingerprint density at radius 3 is 2.35 bits per heavy atom. The first kappa shape index (κ1) is 16.7. The quantitative estimate of drug-likeness (QED) is 0.883. The van der Waals surface area contributed by atoms with E-state index in [1.807, 2.05) is 24.3 Å². The summed E-state index contributed by atoms with van der Waals surface area (Å²) in [5.41, 5.74) is 0.325. The van der Waals surface area contributed by atoms with Crippen molar-refractivity contribution in [3.63, 3.8) is 0 Å². The Labute approximate surface area is 129 Å².